The molecule has 3 aromatic rings. The van der Waals surface area contributed by atoms with Crippen molar-refractivity contribution in [2.75, 3.05) is 5.32 Å². The van der Waals surface area contributed by atoms with Crippen LogP contribution in [0.4, 0.5) is 17.1 Å². The Hall–Kier alpha value is -3.05. The third kappa shape index (κ3) is 5.72. The molecule has 3 rings (SSSR count). The van der Waals surface area contributed by atoms with Crippen molar-refractivity contribution in [3.8, 4) is 0 Å². The predicted octanol–water partition coefficient (Wildman–Crippen LogP) is 7.06. The van der Waals surface area contributed by atoms with Gasteiger partial charge in [0, 0.05) is 27.5 Å². The number of nitrogens with zero attached hydrogens (tertiary/aromatic N) is 2. The molecule has 0 fully saturated rings. The molecule has 0 saturated carbocycles. The average Bonchev–Trinajstić information content (AvgIpc) is 2.68. The Morgan fingerprint density at radius 1 is 0.852 bits per heavy atom. The topological polar surface area (TPSA) is 53.8 Å². The Kier molecular flexibility index (Phi) is 6.28. The number of azo groups is 1. The fraction of sp³-hybridized carbons (Fsp3) is 0.0455. The maximum Gasteiger partial charge on any atom is 0.187 e. The van der Waals surface area contributed by atoms with E-state index in [9.17, 15) is 4.79 Å². The lowest BCUT2D eigenvalue weighted by Gasteiger charge is -2.06. The molecule has 0 aliphatic rings. The van der Waals surface area contributed by atoms with Crippen LogP contribution >= 0.6 is 15.9 Å². The van der Waals surface area contributed by atoms with Crippen molar-refractivity contribution in [2.45, 2.75) is 6.92 Å². The van der Waals surface area contributed by atoms with E-state index in [1.807, 2.05) is 73.7 Å². The molecule has 0 spiro atoms. The van der Waals surface area contributed by atoms with Gasteiger partial charge in [-0.15, -0.1) is 0 Å². The summed E-state index contributed by atoms with van der Waals surface area (Å²) in [6.07, 6.45) is 1.59. The van der Waals surface area contributed by atoms with Gasteiger partial charge in [-0.05, 0) is 67.6 Å². The highest BCUT2D eigenvalue weighted by Gasteiger charge is 2.03. The Bertz CT molecular complexity index is 963. The van der Waals surface area contributed by atoms with Crippen LogP contribution in [-0.2, 0) is 0 Å². The Morgan fingerprint density at radius 3 is 2.07 bits per heavy atom. The SMILES string of the molecule is CC(=CC(=O)c1ccc(Br)cc1)Nc1ccc(N=Nc2ccccc2)cc1. The quantitative estimate of drug-likeness (QED) is 0.264. The lowest BCUT2D eigenvalue weighted by Crippen LogP contribution is -2.01. The van der Waals surface area contributed by atoms with E-state index in [0.29, 0.717) is 5.56 Å². The molecule has 1 N–H and O–H groups in total. The van der Waals surface area contributed by atoms with Crippen LogP contribution in [0.3, 0.4) is 0 Å². The fourth-order valence-electron chi connectivity index (χ4n) is 2.38. The van der Waals surface area contributed by atoms with Gasteiger partial charge in [0.05, 0.1) is 11.4 Å². The van der Waals surface area contributed by atoms with E-state index in [4.69, 9.17) is 0 Å². The molecular formula is C22H18BrN3O. The standard InChI is InChI=1S/C22H18BrN3O/c1-16(15-22(27)17-7-9-18(23)10-8-17)24-19-11-13-21(14-12-19)26-25-20-5-3-2-4-6-20/h2-15,24H,1H3. The molecule has 3 aromatic carbocycles. The summed E-state index contributed by atoms with van der Waals surface area (Å²) >= 11 is 3.37. The van der Waals surface area contributed by atoms with Crippen molar-refractivity contribution in [3.05, 3.63) is 101 Å². The summed E-state index contributed by atoms with van der Waals surface area (Å²) in [6, 6.07) is 24.4. The van der Waals surface area contributed by atoms with Crippen molar-refractivity contribution < 1.29 is 4.79 Å². The number of hydrogen-bond acceptors (Lipinski definition) is 4. The third-order valence-electron chi connectivity index (χ3n) is 3.72. The predicted molar refractivity (Wildman–Crippen MR) is 113 cm³/mol. The zero-order valence-corrected chi connectivity index (χ0v) is 16.3. The molecule has 27 heavy (non-hydrogen) atoms. The minimum absolute atomic E-state index is 0.0409. The summed E-state index contributed by atoms with van der Waals surface area (Å²) < 4.78 is 0.947. The number of carbonyl (C=O) groups excluding carboxylic acids is 1. The normalized spacial score (nSPS) is 11.6. The summed E-state index contributed by atoms with van der Waals surface area (Å²) in [5.74, 6) is -0.0409. The van der Waals surface area contributed by atoms with Crippen molar-refractivity contribution >= 4 is 38.8 Å². The van der Waals surface area contributed by atoms with Crippen LogP contribution in [0.15, 0.2) is 105 Å². The van der Waals surface area contributed by atoms with E-state index in [1.165, 1.54) is 0 Å². The van der Waals surface area contributed by atoms with Crippen molar-refractivity contribution in [1.29, 1.82) is 0 Å². The molecule has 0 heterocycles. The third-order valence-corrected chi connectivity index (χ3v) is 4.25. The first kappa shape index (κ1) is 18.7. The van der Waals surface area contributed by atoms with Gasteiger partial charge in [-0.2, -0.15) is 10.2 Å². The minimum Gasteiger partial charge on any atom is -0.359 e. The number of anilines is 1. The molecule has 0 aliphatic carbocycles. The van der Waals surface area contributed by atoms with Crippen LogP contribution in [0.5, 0.6) is 0 Å². The molecule has 0 unspecified atom stereocenters. The summed E-state index contributed by atoms with van der Waals surface area (Å²) in [5.41, 5.74) is 3.87. The van der Waals surface area contributed by atoms with Crippen LogP contribution in [0.2, 0.25) is 0 Å². The van der Waals surface area contributed by atoms with Crippen molar-refractivity contribution in [1.82, 2.24) is 0 Å². The maximum absolute atomic E-state index is 12.3. The first-order chi connectivity index (χ1) is 13.1. The number of ketones is 1. The van der Waals surface area contributed by atoms with E-state index in [-0.39, 0.29) is 5.78 Å². The summed E-state index contributed by atoms with van der Waals surface area (Å²) in [7, 11) is 0. The largest absolute Gasteiger partial charge is 0.359 e. The van der Waals surface area contributed by atoms with Crippen LogP contribution in [0, 0.1) is 0 Å². The lowest BCUT2D eigenvalue weighted by atomic mass is 10.1. The Labute approximate surface area is 166 Å². The van der Waals surface area contributed by atoms with Gasteiger partial charge < -0.3 is 5.32 Å². The summed E-state index contributed by atoms with van der Waals surface area (Å²) in [6.45, 7) is 1.86. The minimum atomic E-state index is -0.0409. The van der Waals surface area contributed by atoms with Crippen LogP contribution < -0.4 is 5.32 Å². The van der Waals surface area contributed by atoms with Gasteiger partial charge in [0.15, 0.2) is 5.78 Å². The van der Waals surface area contributed by atoms with Gasteiger partial charge in [0.25, 0.3) is 0 Å². The number of rotatable bonds is 6. The highest BCUT2D eigenvalue weighted by Crippen LogP contribution is 2.21. The maximum atomic E-state index is 12.3. The van der Waals surface area contributed by atoms with Crippen molar-refractivity contribution in [2.24, 2.45) is 10.2 Å². The molecule has 0 aromatic heterocycles. The van der Waals surface area contributed by atoms with Gasteiger partial charge in [0.1, 0.15) is 0 Å². The number of benzene rings is 3. The zero-order chi connectivity index (χ0) is 19.1. The zero-order valence-electron chi connectivity index (χ0n) is 14.8. The molecule has 0 radical (unpaired) electrons. The van der Waals surface area contributed by atoms with Crippen LogP contribution in [0.1, 0.15) is 17.3 Å². The number of carbonyl (C=O) groups is 1. The lowest BCUT2D eigenvalue weighted by molar-refractivity contribution is 0.104. The summed E-state index contributed by atoms with van der Waals surface area (Å²) in [5, 5.41) is 11.6. The van der Waals surface area contributed by atoms with E-state index in [0.717, 1.165) is 27.2 Å². The molecule has 134 valence electrons. The highest BCUT2D eigenvalue weighted by atomic mass is 79.9. The number of halogens is 1. The van der Waals surface area contributed by atoms with Gasteiger partial charge in [-0.3, -0.25) is 4.79 Å². The van der Waals surface area contributed by atoms with E-state index >= 15 is 0 Å². The second-order valence-electron chi connectivity index (χ2n) is 5.91. The second kappa shape index (κ2) is 9.05. The number of allylic oxidation sites excluding steroid dienone is 2. The first-order valence-electron chi connectivity index (χ1n) is 8.42. The van der Waals surface area contributed by atoms with Gasteiger partial charge >= 0.3 is 0 Å². The molecule has 5 heteroatoms. The van der Waals surface area contributed by atoms with Gasteiger partial charge in [-0.1, -0.05) is 34.1 Å². The monoisotopic (exact) mass is 419 g/mol. The Morgan fingerprint density at radius 2 is 1.44 bits per heavy atom. The molecule has 0 saturated heterocycles. The van der Waals surface area contributed by atoms with Gasteiger partial charge in [-0.25, -0.2) is 0 Å². The van der Waals surface area contributed by atoms with Crippen molar-refractivity contribution in [3.63, 3.8) is 0 Å². The molecule has 0 aliphatic heterocycles. The first-order valence-corrected chi connectivity index (χ1v) is 9.21. The molecule has 0 atom stereocenters. The average molecular weight is 420 g/mol. The number of hydrogen-bond donors (Lipinski definition) is 1. The van der Waals surface area contributed by atoms with E-state index in [2.05, 4.69) is 31.5 Å². The van der Waals surface area contributed by atoms with E-state index in [1.54, 1.807) is 18.2 Å². The Balaban J connectivity index is 1.62. The number of nitrogens with one attached hydrogen (secondary N) is 1. The molecular weight excluding hydrogens is 402 g/mol. The van der Waals surface area contributed by atoms with Crippen LogP contribution in [-0.4, -0.2) is 5.78 Å². The molecule has 4 nitrogen and oxygen atoms in total. The molecule has 0 bridgehead atoms. The van der Waals surface area contributed by atoms with E-state index < -0.39 is 0 Å². The fourth-order valence-corrected chi connectivity index (χ4v) is 2.64. The summed E-state index contributed by atoms with van der Waals surface area (Å²) in [4.78, 5) is 12.3. The highest BCUT2D eigenvalue weighted by molar-refractivity contribution is 9.10. The van der Waals surface area contributed by atoms with Gasteiger partial charge in [0.2, 0.25) is 0 Å². The smallest absolute Gasteiger partial charge is 0.187 e. The molecule has 0 amide bonds. The van der Waals surface area contributed by atoms with Crippen LogP contribution in [0.25, 0.3) is 0 Å². The second-order valence-corrected chi connectivity index (χ2v) is 6.82.